The lowest BCUT2D eigenvalue weighted by molar-refractivity contribution is 0.112. The molecule has 1 aromatic rings. The van der Waals surface area contributed by atoms with Crippen LogP contribution in [0.25, 0.3) is 0 Å². The van der Waals surface area contributed by atoms with Crippen LogP contribution >= 0.6 is 8.43 Å². The largest absolute Gasteiger partial charge is 0.440 e. The van der Waals surface area contributed by atoms with Crippen LogP contribution in [0.2, 0.25) is 0 Å². The Balaban J connectivity index is 2.81. The van der Waals surface area contributed by atoms with E-state index in [2.05, 4.69) is 6.30 Å². The van der Waals surface area contributed by atoms with E-state index < -0.39 is 0 Å². The molecule has 0 amide bonds. The molecule has 1 rings (SSSR count). The number of aldehydes is 1. The third-order valence-electron chi connectivity index (χ3n) is 1.19. The van der Waals surface area contributed by atoms with Crippen LogP contribution in [0.5, 0.6) is 5.75 Å². The average molecular weight is 166 g/mol. The molecule has 0 aromatic heterocycles. The Morgan fingerprint density at radius 2 is 2.00 bits per heavy atom. The summed E-state index contributed by atoms with van der Waals surface area (Å²) in [5.74, 6) is 0.729. The Morgan fingerprint density at radius 3 is 2.45 bits per heavy atom. The summed E-state index contributed by atoms with van der Waals surface area (Å²) in [4.78, 5) is 10.2. The summed E-state index contributed by atoms with van der Waals surface area (Å²) in [7, 11) is 0.612. The third kappa shape index (κ3) is 2.17. The lowest BCUT2D eigenvalue weighted by Crippen LogP contribution is -1.78. The van der Waals surface area contributed by atoms with Gasteiger partial charge in [-0.2, -0.15) is 0 Å². The molecule has 0 atom stereocenters. The zero-order valence-corrected chi connectivity index (χ0v) is 6.75. The van der Waals surface area contributed by atoms with E-state index in [9.17, 15) is 4.79 Å². The molecule has 0 bridgehead atoms. The van der Waals surface area contributed by atoms with E-state index in [1.165, 1.54) is 0 Å². The van der Waals surface area contributed by atoms with Crippen LogP contribution in [0.3, 0.4) is 0 Å². The summed E-state index contributed by atoms with van der Waals surface area (Å²) in [6, 6.07) is 6.88. The Labute approximate surface area is 66.7 Å². The maximum atomic E-state index is 10.2. The highest BCUT2D eigenvalue weighted by Crippen LogP contribution is 2.14. The number of hydrogen-bond donors (Lipinski definition) is 0. The van der Waals surface area contributed by atoms with Gasteiger partial charge in [-0.15, -0.1) is 0 Å². The Bertz CT molecular complexity index is 253. The summed E-state index contributed by atoms with van der Waals surface area (Å²) < 4.78 is 5.05. The van der Waals surface area contributed by atoms with Gasteiger partial charge < -0.3 is 4.52 Å². The summed E-state index contributed by atoms with van der Waals surface area (Å²) in [5, 5.41) is 0. The van der Waals surface area contributed by atoms with Crippen molar-refractivity contribution in [2.24, 2.45) is 0 Å². The first kappa shape index (κ1) is 7.96. The van der Waals surface area contributed by atoms with Gasteiger partial charge in [0.1, 0.15) is 20.5 Å². The van der Waals surface area contributed by atoms with E-state index in [0.717, 1.165) is 12.0 Å². The summed E-state index contributed by atoms with van der Waals surface area (Å²) in [5.41, 5.74) is 0.651. The fourth-order valence-corrected chi connectivity index (χ4v) is 0.953. The van der Waals surface area contributed by atoms with E-state index in [1.54, 1.807) is 24.3 Å². The molecule has 0 saturated carbocycles. The van der Waals surface area contributed by atoms with Crippen molar-refractivity contribution in [2.45, 2.75) is 0 Å². The summed E-state index contributed by atoms with van der Waals surface area (Å²) in [6.07, 6.45) is 4.30. The second kappa shape index (κ2) is 3.89. The van der Waals surface area contributed by atoms with E-state index >= 15 is 0 Å². The van der Waals surface area contributed by atoms with Gasteiger partial charge in [-0.3, -0.25) is 4.79 Å². The Kier molecular flexibility index (Phi) is 2.82. The molecule has 0 N–H and O–H groups in total. The molecular weight excluding hydrogens is 159 g/mol. The number of rotatable bonds is 3. The van der Waals surface area contributed by atoms with Crippen molar-refractivity contribution in [1.82, 2.24) is 0 Å². The molecule has 1 aromatic carbocycles. The quantitative estimate of drug-likeness (QED) is 0.508. The number of carbonyl (C=O) groups is 1. The molecule has 0 unspecified atom stereocenters. The van der Waals surface area contributed by atoms with Crippen molar-refractivity contribution >= 4 is 21.0 Å². The van der Waals surface area contributed by atoms with Gasteiger partial charge in [-0.05, 0) is 30.6 Å². The first-order valence-corrected chi connectivity index (χ1v) is 4.05. The molecule has 11 heavy (non-hydrogen) atoms. The topological polar surface area (TPSA) is 26.3 Å². The molecule has 0 radical (unpaired) electrons. The second-order valence-electron chi connectivity index (χ2n) is 1.91. The van der Waals surface area contributed by atoms with Gasteiger partial charge in [0.05, 0.1) is 0 Å². The second-order valence-corrected chi connectivity index (χ2v) is 2.35. The van der Waals surface area contributed by atoms with Gasteiger partial charge >= 0.3 is 0 Å². The molecule has 0 fully saturated rings. The van der Waals surface area contributed by atoms with Gasteiger partial charge in [0.2, 0.25) is 0 Å². The summed E-state index contributed by atoms with van der Waals surface area (Å²) >= 11 is 0. The first-order chi connectivity index (χ1) is 5.36. The molecule has 0 aliphatic heterocycles. The summed E-state index contributed by atoms with van der Waals surface area (Å²) in [6.45, 7) is 0. The fourth-order valence-electron chi connectivity index (χ4n) is 0.682. The van der Waals surface area contributed by atoms with Gasteiger partial charge in [-0.1, -0.05) is 0 Å². The number of benzene rings is 1. The van der Waals surface area contributed by atoms with Crippen LogP contribution in [0.4, 0.5) is 0 Å². The average Bonchev–Trinajstić information content (AvgIpc) is 2.07. The molecule has 3 heteroatoms. The van der Waals surface area contributed by atoms with Crippen LogP contribution < -0.4 is 4.52 Å². The van der Waals surface area contributed by atoms with E-state index in [0.29, 0.717) is 14.0 Å². The lowest BCUT2D eigenvalue weighted by Gasteiger charge is -1.96. The molecule has 0 heterocycles. The van der Waals surface area contributed by atoms with Crippen molar-refractivity contribution in [3.05, 3.63) is 29.8 Å². The van der Waals surface area contributed by atoms with Crippen molar-refractivity contribution < 1.29 is 9.32 Å². The highest BCUT2D eigenvalue weighted by molar-refractivity contribution is 7.31. The van der Waals surface area contributed by atoms with Crippen molar-refractivity contribution in [3.63, 3.8) is 0 Å². The molecular formula is C8H7O2P. The van der Waals surface area contributed by atoms with Crippen LogP contribution in [0.15, 0.2) is 24.3 Å². The van der Waals surface area contributed by atoms with Gasteiger partial charge in [0.15, 0.2) is 0 Å². The highest BCUT2D eigenvalue weighted by Gasteiger charge is 1.90. The maximum Gasteiger partial charge on any atom is 0.150 e. The van der Waals surface area contributed by atoms with Crippen molar-refractivity contribution in [2.75, 3.05) is 0 Å². The molecule has 0 aliphatic rings. The van der Waals surface area contributed by atoms with Crippen LogP contribution in [-0.2, 0) is 0 Å². The zero-order valence-electron chi connectivity index (χ0n) is 5.86. The smallest absolute Gasteiger partial charge is 0.150 e. The van der Waals surface area contributed by atoms with E-state index in [4.69, 9.17) is 4.52 Å². The normalized spacial score (nSPS) is 9.45. The predicted octanol–water partition coefficient (Wildman–Crippen LogP) is 2.17. The number of carbonyl (C=O) groups excluding carboxylic acids is 1. The van der Waals surface area contributed by atoms with E-state index in [1.807, 2.05) is 0 Å². The van der Waals surface area contributed by atoms with Crippen LogP contribution in [0.1, 0.15) is 10.4 Å². The lowest BCUT2D eigenvalue weighted by atomic mass is 10.2. The molecule has 0 spiro atoms. The van der Waals surface area contributed by atoms with Crippen molar-refractivity contribution in [3.8, 4) is 5.75 Å². The zero-order chi connectivity index (χ0) is 8.10. The van der Waals surface area contributed by atoms with E-state index in [-0.39, 0.29) is 0 Å². The SMILES string of the molecule is C=POc1ccc(C=O)cc1. The Morgan fingerprint density at radius 1 is 1.36 bits per heavy atom. The number of hydrogen-bond acceptors (Lipinski definition) is 2. The minimum absolute atomic E-state index is 0.612. The minimum Gasteiger partial charge on any atom is -0.440 e. The monoisotopic (exact) mass is 166 g/mol. The van der Waals surface area contributed by atoms with Crippen LogP contribution in [0, 0.1) is 0 Å². The molecule has 2 nitrogen and oxygen atoms in total. The van der Waals surface area contributed by atoms with Gasteiger partial charge in [-0.25, -0.2) is 0 Å². The maximum absolute atomic E-state index is 10.2. The highest BCUT2D eigenvalue weighted by atomic mass is 31.1. The standard InChI is InChI=1S/C8H7O2P/c1-11-10-8-4-2-7(6-9)3-5-8/h2-6H,1H2. The van der Waals surface area contributed by atoms with Crippen molar-refractivity contribution in [1.29, 1.82) is 0 Å². The Hall–Kier alpha value is -1.14. The van der Waals surface area contributed by atoms with Gasteiger partial charge in [0.25, 0.3) is 0 Å². The first-order valence-electron chi connectivity index (χ1n) is 3.05. The molecule has 56 valence electrons. The molecule has 0 saturated heterocycles. The third-order valence-corrected chi connectivity index (χ3v) is 1.53. The molecule has 0 aliphatic carbocycles. The minimum atomic E-state index is 0.612. The predicted molar refractivity (Wildman–Crippen MR) is 46.5 cm³/mol. The van der Waals surface area contributed by atoms with Gasteiger partial charge in [0, 0.05) is 5.56 Å². The van der Waals surface area contributed by atoms with Crippen LogP contribution in [-0.4, -0.2) is 12.6 Å². The fraction of sp³-hybridized carbons (Fsp3) is 0.